The van der Waals surface area contributed by atoms with Gasteiger partial charge in [0.05, 0.1) is 6.61 Å². The summed E-state index contributed by atoms with van der Waals surface area (Å²) in [4.78, 5) is 20.2. The van der Waals surface area contributed by atoms with Gasteiger partial charge in [0, 0.05) is 48.5 Å². The quantitative estimate of drug-likeness (QED) is 0.511. The summed E-state index contributed by atoms with van der Waals surface area (Å²) in [5, 5.41) is 8.77. The van der Waals surface area contributed by atoms with Crippen LogP contribution < -0.4 is 5.32 Å². The topological polar surface area (TPSA) is 80.5 Å². The number of nitrogens with one attached hydrogen (secondary N) is 1. The third-order valence-corrected chi connectivity index (χ3v) is 10.9. The Morgan fingerprint density at radius 3 is 2.26 bits per heavy atom. The normalized spacial score (nSPS) is 32.7. The highest BCUT2D eigenvalue weighted by Crippen LogP contribution is 2.44. The smallest absolute Gasteiger partial charge is 0.229 e. The zero-order valence-corrected chi connectivity index (χ0v) is 23.7. The number of piperidine rings is 2. The van der Waals surface area contributed by atoms with Gasteiger partial charge in [0.1, 0.15) is 0 Å². The molecule has 1 N–H and O–H groups in total. The van der Waals surface area contributed by atoms with Crippen LogP contribution in [0.3, 0.4) is 0 Å². The molecule has 3 saturated heterocycles. The van der Waals surface area contributed by atoms with E-state index in [9.17, 15) is 4.79 Å². The Kier molecular flexibility index (Phi) is 8.14. The number of carbonyl (C=O) groups is 1. The van der Waals surface area contributed by atoms with Crippen molar-refractivity contribution in [1.29, 1.82) is 0 Å². The van der Waals surface area contributed by atoms with E-state index in [0.29, 0.717) is 29.7 Å². The average Bonchev–Trinajstić information content (AvgIpc) is 3.64. The summed E-state index contributed by atoms with van der Waals surface area (Å²) in [7, 11) is 0. The van der Waals surface area contributed by atoms with Crippen molar-refractivity contribution in [2.45, 2.75) is 139 Å². The van der Waals surface area contributed by atoms with Crippen molar-refractivity contribution < 1.29 is 14.1 Å². The first-order chi connectivity index (χ1) is 18.5. The Hall–Kier alpha value is -1.47. The van der Waals surface area contributed by atoms with Gasteiger partial charge >= 0.3 is 0 Å². The zero-order valence-electron chi connectivity index (χ0n) is 23.7. The predicted octanol–water partition coefficient (Wildman–Crippen LogP) is 6.10. The lowest BCUT2D eigenvalue weighted by molar-refractivity contribution is -0.147. The van der Waals surface area contributed by atoms with Gasteiger partial charge < -0.3 is 19.5 Å². The molecule has 38 heavy (non-hydrogen) atoms. The third kappa shape index (κ3) is 5.70. The first kappa shape index (κ1) is 26.7. The van der Waals surface area contributed by atoms with E-state index >= 15 is 0 Å². The van der Waals surface area contributed by atoms with E-state index < -0.39 is 0 Å². The molecule has 1 aromatic heterocycles. The molecular weight excluding hydrogens is 476 g/mol. The van der Waals surface area contributed by atoms with Gasteiger partial charge in [0.2, 0.25) is 11.8 Å². The third-order valence-electron chi connectivity index (χ3n) is 10.9. The highest BCUT2D eigenvalue weighted by Gasteiger charge is 2.45. The van der Waals surface area contributed by atoms with E-state index in [4.69, 9.17) is 14.2 Å². The number of rotatable bonds is 4. The molecule has 3 unspecified atom stereocenters. The van der Waals surface area contributed by atoms with Gasteiger partial charge in [-0.05, 0) is 63.7 Å². The van der Waals surface area contributed by atoms with E-state index in [1.807, 2.05) is 0 Å². The molecule has 0 radical (unpaired) electrons. The molecule has 1 amide bonds. The zero-order chi connectivity index (χ0) is 26.0. The number of amides is 1. The molecule has 1 spiro atoms. The highest BCUT2D eigenvalue weighted by atomic mass is 16.5. The minimum atomic E-state index is -0.104. The van der Waals surface area contributed by atoms with E-state index in [-0.39, 0.29) is 11.0 Å². The number of hydrogen-bond acceptors (Lipinski definition) is 6. The molecule has 5 fully saturated rings. The lowest BCUT2D eigenvalue weighted by Crippen LogP contribution is -2.58. The molecule has 0 bridgehead atoms. The lowest BCUT2D eigenvalue weighted by atomic mass is 9.69. The fraction of sp³-hybridized carbons (Fsp3) is 0.903. The molecule has 3 atom stereocenters. The number of aromatic nitrogens is 2. The maximum Gasteiger partial charge on any atom is 0.229 e. The van der Waals surface area contributed by atoms with Gasteiger partial charge in [-0.2, -0.15) is 4.98 Å². The molecule has 6 rings (SSSR count). The molecule has 0 aromatic carbocycles. The number of nitrogens with zero attached hydrogens (tertiary/aromatic N) is 3. The summed E-state index contributed by atoms with van der Waals surface area (Å²) in [5.74, 6) is 3.32. The van der Waals surface area contributed by atoms with Gasteiger partial charge in [-0.3, -0.25) is 4.79 Å². The van der Waals surface area contributed by atoms with Crippen LogP contribution in [-0.4, -0.2) is 58.8 Å². The van der Waals surface area contributed by atoms with Crippen LogP contribution in [0.2, 0.25) is 0 Å². The second-order valence-corrected chi connectivity index (χ2v) is 13.7. The van der Waals surface area contributed by atoms with Gasteiger partial charge in [0.25, 0.3) is 0 Å². The molecule has 7 nitrogen and oxygen atoms in total. The van der Waals surface area contributed by atoms with Crippen LogP contribution in [0.15, 0.2) is 4.52 Å². The Labute approximate surface area is 229 Å². The summed E-state index contributed by atoms with van der Waals surface area (Å²) in [6.45, 7) is 5.57. The van der Waals surface area contributed by atoms with Gasteiger partial charge in [-0.15, -0.1) is 0 Å². The second-order valence-electron chi connectivity index (χ2n) is 13.7. The van der Waals surface area contributed by atoms with Gasteiger partial charge in [-0.25, -0.2) is 0 Å². The van der Waals surface area contributed by atoms with Crippen molar-refractivity contribution in [1.82, 2.24) is 20.4 Å². The molecule has 5 aliphatic rings. The molecule has 2 aliphatic carbocycles. The fourth-order valence-corrected chi connectivity index (χ4v) is 8.25. The van der Waals surface area contributed by atoms with Crippen molar-refractivity contribution in [3.05, 3.63) is 11.7 Å². The lowest BCUT2D eigenvalue weighted by Gasteiger charge is -2.47. The van der Waals surface area contributed by atoms with Gasteiger partial charge in [-0.1, -0.05) is 63.4 Å². The highest BCUT2D eigenvalue weighted by molar-refractivity contribution is 5.83. The SMILES string of the molecule is CC1(C(=O)N2CCC(c3noc(C4CC(C5CCOC5)NC5(CCCCCCCCC5)C4)n3)CC2)CCC1. The molecule has 2 saturated carbocycles. The van der Waals surface area contributed by atoms with Crippen LogP contribution in [0.5, 0.6) is 0 Å². The molecular formula is C31H50N4O3. The second kappa shape index (κ2) is 11.6. The van der Waals surface area contributed by atoms with Crippen LogP contribution >= 0.6 is 0 Å². The van der Waals surface area contributed by atoms with Crippen molar-refractivity contribution in [3.8, 4) is 0 Å². The first-order valence-electron chi connectivity index (χ1n) is 16.0. The molecule has 212 valence electrons. The van der Waals surface area contributed by atoms with Crippen LogP contribution in [-0.2, 0) is 9.53 Å². The predicted molar refractivity (Wildman–Crippen MR) is 147 cm³/mol. The summed E-state index contributed by atoms with van der Waals surface area (Å²) < 4.78 is 11.9. The number of carbonyl (C=O) groups excluding carboxylic acids is 1. The Morgan fingerprint density at radius 2 is 1.63 bits per heavy atom. The van der Waals surface area contributed by atoms with E-state index in [2.05, 4.69) is 22.3 Å². The summed E-state index contributed by atoms with van der Waals surface area (Å²) in [6, 6.07) is 0.469. The minimum Gasteiger partial charge on any atom is -0.381 e. The Bertz CT molecular complexity index is 919. The molecule has 3 aliphatic heterocycles. The summed E-state index contributed by atoms with van der Waals surface area (Å²) >= 11 is 0. The van der Waals surface area contributed by atoms with E-state index in [0.717, 1.165) is 83.0 Å². The molecule has 7 heteroatoms. The van der Waals surface area contributed by atoms with Crippen LogP contribution in [0.1, 0.15) is 140 Å². The average molecular weight is 527 g/mol. The first-order valence-corrected chi connectivity index (χ1v) is 16.0. The molecule has 4 heterocycles. The monoisotopic (exact) mass is 526 g/mol. The maximum absolute atomic E-state index is 13.0. The van der Waals surface area contributed by atoms with E-state index in [1.54, 1.807) is 0 Å². The van der Waals surface area contributed by atoms with Crippen LogP contribution in [0.4, 0.5) is 0 Å². The number of likely N-dealkylation sites (tertiary alicyclic amines) is 1. The van der Waals surface area contributed by atoms with Crippen molar-refractivity contribution in [3.63, 3.8) is 0 Å². The van der Waals surface area contributed by atoms with Crippen LogP contribution in [0.25, 0.3) is 0 Å². The van der Waals surface area contributed by atoms with Crippen molar-refractivity contribution in [2.24, 2.45) is 11.3 Å². The largest absolute Gasteiger partial charge is 0.381 e. The minimum absolute atomic E-state index is 0.104. The Balaban J connectivity index is 1.14. The van der Waals surface area contributed by atoms with Crippen molar-refractivity contribution in [2.75, 3.05) is 26.3 Å². The van der Waals surface area contributed by atoms with E-state index in [1.165, 1.54) is 64.2 Å². The Morgan fingerprint density at radius 1 is 0.921 bits per heavy atom. The van der Waals surface area contributed by atoms with Crippen LogP contribution in [0, 0.1) is 11.3 Å². The molecule has 1 aromatic rings. The maximum atomic E-state index is 13.0. The standard InChI is InChI=1S/C31H50N4O3/c1-30(13-9-14-30)29(36)35-17-10-23(11-18-35)27-32-28(38-34-27)25-20-26(24-12-19-37-22-24)33-31(21-25)15-7-5-3-2-4-6-8-16-31/h23-26,33H,2-22H2,1H3. The fourth-order valence-electron chi connectivity index (χ4n) is 8.25. The van der Waals surface area contributed by atoms with Crippen molar-refractivity contribution >= 4 is 5.91 Å². The summed E-state index contributed by atoms with van der Waals surface area (Å²) in [5.41, 5.74) is 0.0820. The number of ether oxygens (including phenoxy) is 1. The summed E-state index contributed by atoms with van der Waals surface area (Å²) in [6.07, 6.45) is 20.6. The van der Waals surface area contributed by atoms with Gasteiger partial charge in [0.15, 0.2) is 5.82 Å². The number of hydrogen-bond donors (Lipinski definition) is 1.